The molecule has 0 aromatic carbocycles. The number of methoxy groups -OCH3 is 1. The number of halogens is 1. The fourth-order valence-corrected chi connectivity index (χ4v) is 3.87. The summed E-state index contributed by atoms with van der Waals surface area (Å²) in [6.07, 6.45) is 6.43. The summed E-state index contributed by atoms with van der Waals surface area (Å²) < 4.78 is 5.32. The number of hydrogen-bond donors (Lipinski definition) is 2. The van der Waals surface area contributed by atoms with Crippen LogP contribution in [-0.2, 0) is 4.74 Å². The minimum Gasteiger partial charge on any atom is -0.385 e. The van der Waals surface area contributed by atoms with Crippen molar-refractivity contribution >= 4 is 29.9 Å². The predicted molar refractivity (Wildman–Crippen MR) is 119 cm³/mol. The third kappa shape index (κ3) is 8.91. The maximum atomic E-state index is 5.32. The van der Waals surface area contributed by atoms with E-state index in [-0.39, 0.29) is 24.0 Å². The lowest BCUT2D eigenvalue weighted by molar-refractivity contribution is 0.138. The number of aliphatic imine (C=N–C) groups is 1. The molecule has 0 aromatic rings. The summed E-state index contributed by atoms with van der Waals surface area (Å²) >= 11 is 0. The molecule has 1 aliphatic carbocycles. The molecular weight excluding hydrogens is 427 g/mol. The average molecular weight is 468 g/mol. The highest BCUT2D eigenvalue weighted by atomic mass is 127. The summed E-state index contributed by atoms with van der Waals surface area (Å²) in [6, 6.07) is 1.13. The second-order valence-electron chi connectivity index (χ2n) is 7.73. The first-order valence-corrected chi connectivity index (χ1v) is 9.63. The first-order valence-electron chi connectivity index (χ1n) is 9.63. The van der Waals surface area contributed by atoms with E-state index in [1.807, 2.05) is 7.05 Å². The SMILES string of the molecule is CN=C(NCCN(C(C)C)C(C)C)NCC1(CCOC)CCCC1.I. The van der Waals surface area contributed by atoms with Crippen LogP contribution in [0.15, 0.2) is 4.99 Å². The van der Waals surface area contributed by atoms with Crippen molar-refractivity contribution in [2.45, 2.75) is 71.9 Å². The van der Waals surface area contributed by atoms with E-state index in [0.29, 0.717) is 17.5 Å². The van der Waals surface area contributed by atoms with Crippen LogP contribution in [-0.4, -0.2) is 63.3 Å². The van der Waals surface area contributed by atoms with Crippen LogP contribution >= 0.6 is 24.0 Å². The van der Waals surface area contributed by atoms with E-state index in [0.717, 1.165) is 38.6 Å². The quantitative estimate of drug-likeness (QED) is 0.293. The molecule has 1 saturated carbocycles. The van der Waals surface area contributed by atoms with Crippen LogP contribution in [0.1, 0.15) is 59.8 Å². The zero-order chi connectivity index (χ0) is 18.0. The third-order valence-corrected chi connectivity index (χ3v) is 5.34. The minimum absolute atomic E-state index is 0. The van der Waals surface area contributed by atoms with E-state index >= 15 is 0 Å². The molecule has 0 bridgehead atoms. The standard InChI is InChI=1S/C19H40N4O.HI/c1-16(2)23(17(3)4)13-12-21-18(20-5)22-15-19(11-14-24-6)9-7-8-10-19;/h16-17H,7-15H2,1-6H3,(H2,20,21,22);1H. The van der Waals surface area contributed by atoms with Crippen LogP contribution < -0.4 is 10.6 Å². The molecule has 0 spiro atoms. The van der Waals surface area contributed by atoms with Crippen molar-refractivity contribution in [2.24, 2.45) is 10.4 Å². The molecule has 1 rings (SSSR count). The average Bonchev–Trinajstić information content (AvgIpc) is 3.00. The number of nitrogens with zero attached hydrogens (tertiary/aromatic N) is 2. The smallest absolute Gasteiger partial charge is 0.191 e. The Morgan fingerprint density at radius 2 is 1.72 bits per heavy atom. The number of nitrogens with one attached hydrogen (secondary N) is 2. The molecule has 6 heteroatoms. The van der Waals surface area contributed by atoms with Crippen LogP contribution in [0.2, 0.25) is 0 Å². The first kappa shape index (κ1) is 24.9. The van der Waals surface area contributed by atoms with E-state index in [1.54, 1.807) is 7.11 Å². The van der Waals surface area contributed by atoms with Crippen molar-refractivity contribution < 1.29 is 4.74 Å². The van der Waals surface area contributed by atoms with Gasteiger partial charge in [0, 0.05) is 52.5 Å². The summed E-state index contributed by atoms with van der Waals surface area (Å²) in [5.74, 6) is 0.922. The summed E-state index contributed by atoms with van der Waals surface area (Å²) in [6.45, 7) is 12.8. The van der Waals surface area contributed by atoms with Gasteiger partial charge in [0.1, 0.15) is 0 Å². The lowest BCUT2D eigenvalue weighted by Crippen LogP contribution is -2.47. The molecule has 0 radical (unpaired) electrons. The van der Waals surface area contributed by atoms with Crippen molar-refractivity contribution in [3.05, 3.63) is 0 Å². The summed E-state index contributed by atoms with van der Waals surface area (Å²) in [5.41, 5.74) is 0.384. The molecule has 0 aliphatic heterocycles. The van der Waals surface area contributed by atoms with Crippen LogP contribution in [0.3, 0.4) is 0 Å². The van der Waals surface area contributed by atoms with Gasteiger partial charge in [-0.25, -0.2) is 0 Å². The number of guanidine groups is 1. The van der Waals surface area contributed by atoms with Crippen molar-refractivity contribution in [3.63, 3.8) is 0 Å². The highest BCUT2D eigenvalue weighted by Gasteiger charge is 2.33. The van der Waals surface area contributed by atoms with E-state index in [1.165, 1.54) is 25.7 Å². The molecule has 0 aromatic heterocycles. The molecule has 0 saturated heterocycles. The van der Waals surface area contributed by atoms with Gasteiger partial charge < -0.3 is 15.4 Å². The van der Waals surface area contributed by atoms with Gasteiger partial charge in [-0.2, -0.15) is 0 Å². The summed E-state index contributed by atoms with van der Waals surface area (Å²) in [4.78, 5) is 6.89. The molecule has 1 fully saturated rings. The summed E-state index contributed by atoms with van der Waals surface area (Å²) in [5, 5.41) is 7.03. The molecule has 25 heavy (non-hydrogen) atoms. The Kier molecular flexibility index (Phi) is 13.1. The van der Waals surface area contributed by atoms with Gasteiger partial charge in [-0.15, -0.1) is 24.0 Å². The second-order valence-corrected chi connectivity index (χ2v) is 7.73. The van der Waals surface area contributed by atoms with Crippen molar-refractivity contribution in [2.75, 3.05) is 40.4 Å². The van der Waals surface area contributed by atoms with Gasteiger partial charge in [0.15, 0.2) is 5.96 Å². The fraction of sp³-hybridized carbons (Fsp3) is 0.947. The van der Waals surface area contributed by atoms with Gasteiger partial charge in [0.25, 0.3) is 0 Å². The monoisotopic (exact) mass is 468 g/mol. The van der Waals surface area contributed by atoms with Crippen LogP contribution in [0, 0.1) is 5.41 Å². The Bertz CT molecular complexity index is 360. The molecule has 0 heterocycles. The fourth-order valence-electron chi connectivity index (χ4n) is 3.87. The molecule has 0 atom stereocenters. The Morgan fingerprint density at radius 1 is 1.12 bits per heavy atom. The predicted octanol–water partition coefficient (Wildman–Crippen LogP) is 3.49. The first-order chi connectivity index (χ1) is 11.4. The summed E-state index contributed by atoms with van der Waals surface area (Å²) in [7, 11) is 3.65. The third-order valence-electron chi connectivity index (χ3n) is 5.34. The van der Waals surface area contributed by atoms with E-state index in [4.69, 9.17) is 4.74 Å². The number of ether oxygens (including phenoxy) is 1. The van der Waals surface area contributed by atoms with Gasteiger partial charge in [-0.3, -0.25) is 9.89 Å². The molecule has 0 unspecified atom stereocenters. The second kappa shape index (κ2) is 13.1. The van der Waals surface area contributed by atoms with E-state index in [9.17, 15) is 0 Å². The van der Waals surface area contributed by atoms with Crippen LogP contribution in [0.25, 0.3) is 0 Å². The van der Waals surface area contributed by atoms with Crippen molar-refractivity contribution in [1.82, 2.24) is 15.5 Å². The molecule has 150 valence electrons. The van der Waals surface area contributed by atoms with Gasteiger partial charge in [0.2, 0.25) is 0 Å². The molecular formula is C19H41IN4O. The number of rotatable bonds is 10. The maximum absolute atomic E-state index is 5.32. The molecule has 5 nitrogen and oxygen atoms in total. The van der Waals surface area contributed by atoms with E-state index in [2.05, 4.69) is 48.2 Å². The number of hydrogen-bond acceptors (Lipinski definition) is 3. The Balaban J connectivity index is 0.00000576. The largest absolute Gasteiger partial charge is 0.385 e. The van der Waals surface area contributed by atoms with Crippen LogP contribution in [0.5, 0.6) is 0 Å². The molecule has 1 aliphatic rings. The Hall–Kier alpha value is -0.0800. The van der Waals surface area contributed by atoms with Gasteiger partial charge in [-0.1, -0.05) is 12.8 Å². The maximum Gasteiger partial charge on any atom is 0.191 e. The zero-order valence-electron chi connectivity index (χ0n) is 17.2. The highest BCUT2D eigenvalue weighted by molar-refractivity contribution is 14.0. The van der Waals surface area contributed by atoms with Crippen molar-refractivity contribution in [1.29, 1.82) is 0 Å². The Morgan fingerprint density at radius 3 is 2.20 bits per heavy atom. The highest BCUT2D eigenvalue weighted by Crippen LogP contribution is 2.40. The van der Waals surface area contributed by atoms with Crippen LogP contribution in [0.4, 0.5) is 0 Å². The Labute approximate surface area is 172 Å². The zero-order valence-corrected chi connectivity index (χ0v) is 19.6. The lowest BCUT2D eigenvalue weighted by Gasteiger charge is -2.31. The van der Waals surface area contributed by atoms with Crippen molar-refractivity contribution in [3.8, 4) is 0 Å². The van der Waals surface area contributed by atoms with Gasteiger partial charge in [-0.05, 0) is 52.4 Å². The molecule has 2 N–H and O–H groups in total. The topological polar surface area (TPSA) is 48.9 Å². The van der Waals surface area contributed by atoms with Gasteiger partial charge in [0.05, 0.1) is 0 Å². The van der Waals surface area contributed by atoms with Gasteiger partial charge >= 0.3 is 0 Å². The normalized spacial score (nSPS) is 17.2. The minimum atomic E-state index is 0. The van der Waals surface area contributed by atoms with E-state index < -0.39 is 0 Å². The lowest BCUT2D eigenvalue weighted by atomic mass is 9.83. The molecule has 0 amide bonds.